The summed E-state index contributed by atoms with van der Waals surface area (Å²) in [6, 6.07) is 5.28. The molecule has 2 heterocycles. The zero-order valence-electron chi connectivity index (χ0n) is 33.6. The van der Waals surface area contributed by atoms with Gasteiger partial charge in [0.25, 0.3) is 0 Å². The number of phosphoric acid groups is 1. The first-order chi connectivity index (χ1) is 26.9. The van der Waals surface area contributed by atoms with Gasteiger partial charge in [-0.15, -0.1) is 0 Å². The van der Waals surface area contributed by atoms with E-state index < -0.39 is 25.6 Å². The van der Waals surface area contributed by atoms with Gasteiger partial charge in [0, 0.05) is 73.7 Å². The molecule has 0 aliphatic carbocycles. The molecule has 2 aliphatic rings. The highest BCUT2D eigenvalue weighted by Gasteiger charge is 2.62. The molecule has 1 aromatic rings. The monoisotopic (exact) mass is 1030 g/mol. The van der Waals surface area contributed by atoms with Gasteiger partial charge in [0.2, 0.25) is 23.6 Å². The smallest absolute Gasteiger partial charge is 0.403 e. The number of amides is 4. The van der Waals surface area contributed by atoms with E-state index in [0.29, 0.717) is 84.1 Å². The van der Waals surface area contributed by atoms with Crippen LogP contribution >= 0.6 is 53.0 Å². The highest BCUT2D eigenvalue weighted by Crippen LogP contribution is 2.49. The summed E-state index contributed by atoms with van der Waals surface area (Å²) in [5, 5.41) is 6.12. The number of hydrogen-bond donors (Lipinski definition) is 4. The highest BCUT2D eigenvalue weighted by atomic mass is 127. The number of carbonyl (C=O) groups is 4. The van der Waals surface area contributed by atoms with Gasteiger partial charge in [-0.25, -0.2) is 4.57 Å². The van der Waals surface area contributed by atoms with Crippen LogP contribution < -0.4 is 26.4 Å². The molecule has 0 saturated carbocycles. The molecule has 0 radical (unpaired) electrons. The van der Waals surface area contributed by atoms with Gasteiger partial charge in [0.05, 0.1) is 0 Å². The number of phosphoric ester groups is 1. The number of carbonyl (C=O) groups excluding carboxylic acids is 4. The van der Waals surface area contributed by atoms with Crippen molar-refractivity contribution in [3.63, 3.8) is 0 Å². The Bertz CT molecular complexity index is 1440. The molecule has 2 aliphatic heterocycles. The third kappa shape index (κ3) is 14.3. The van der Waals surface area contributed by atoms with E-state index in [-0.39, 0.29) is 48.4 Å². The minimum absolute atomic E-state index is 0.0309. The molecule has 2 saturated heterocycles. The quantitative estimate of drug-likeness (QED) is 0.0224. The van der Waals surface area contributed by atoms with Crippen molar-refractivity contribution in [3.8, 4) is 5.75 Å². The Hall–Kier alpha value is -1.61. The molecule has 4 atom stereocenters. The van der Waals surface area contributed by atoms with Crippen molar-refractivity contribution in [3.05, 3.63) is 29.8 Å². The third-order valence-corrected chi connectivity index (χ3v) is 12.8. The lowest BCUT2D eigenvalue weighted by Crippen LogP contribution is -2.66. The summed E-state index contributed by atoms with van der Waals surface area (Å²) < 4.78 is 31.7. The molecule has 56 heavy (non-hydrogen) atoms. The van der Waals surface area contributed by atoms with Gasteiger partial charge in [-0.05, 0) is 49.9 Å². The summed E-state index contributed by atoms with van der Waals surface area (Å²) in [4.78, 5) is 60.8. The molecular weight excluding hydrogens is 967 g/mol. The lowest BCUT2D eigenvalue weighted by Gasteiger charge is -2.51. The van der Waals surface area contributed by atoms with Gasteiger partial charge >= 0.3 is 7.82 Å². The van der Waals surface area contributed by atoms with E-state index >= 15 is 4.79 Å². The summed E-state index contributed by atoms with van der Waals surface area (Å²) in [7, 11) is -2.01. The van der Waals surface area contributed by atoms with Gasteiger partial charge in [-0.2, -0.15) is 10.1 Å². The Morgan fingerprint density at radius 3 is 2.29 bits per heavy atom. The average Bonchev–Trinajstić information content (AvgIpc) is 3.39. The fourth-order valence-corrected chi connectivity index (χ4v) is 8.90. The first-order valence-electron chi connectivity index (χ1n) is 20.0. The van der Waals surface area contributed by atoms with Crippen LogP contribution in [-0.2, 0) is 39.3 Å². The second kappa shape index (κ2) is 25.1. The van der Waals surface area contributed by atoms with Crippen LogP contribution in [0, 0.1) is 5.92 Å². The van der Waals surface area contributed by atoms with E-state index in [1.165, 1.54) is 0 Å². The minimum atomic E-state index is -4.04. The summed E-state index contributed by atoms with van der Waals surface area (Å²) in [5.74, 6) is -0.803. The number of primary amides is 1. The molecule has 1 aromatic carbocycles. The van der Waals surface area contributed by atoms with Crippen LogP contribution in [0.25, 0.3) is 0 Å². The number of rotatable bonds is 27. The number of halogens is 2. The van der Waals surface area contributed by atoms with E-state index in [4.69, 9.17) is 19.4 Å². The first kappa shape index (κ1) is 48.8. The molecule has 1 spiro atoms. The van der Waals surface area contributed by atoms with Crippen molar-refractivity contribution in [2.24, 2.45) is 11.7 Å². The number of hydroxylamine groups is 1. The van der Waals surface area contributed by atoms with E-state index in [1.54, 1.807) is 29.2 Å². The number of unbranched alkanes of at least 4 members (excludes halogenated alkanes) is 4. The molecule has 0 bridgehead atoms. The Morgan fingerprint density at radius 2 is 1.66 bits per heavy atom. The molecule has 318 valence electrons. The fraction of sp³-hybridized carbons (Fsp3) is 0.737. The van der Waals surface area contributed by atoms with Gasteiger partial charge < -0.3 is 30.3 Å². The van der Waals surface area contributed by atoms with Crippen LogP contribution in [0.4, 0.5) is 0 Å². The lowest BCUT2D eigenvalue weighted by molar-refractivity contribution is -0.156. The third-order valence-electron chi connectivity index (χ3n) is 10.4. The number of nitrogens with two attached hydrogens (primary N) is 1. The molecule has 3 rings (SSSR count). The van der Waals surface area contributed by atoms with Gasteiger partial charge in [0.15, 0.2) is 0 Å². The van der Waals surface area contributed by atoms with Crippen molar-refractivity contribution >= 4 is 76.6 Å². The van der Waals surface area contributed by atoms with Crippen LogP contribution in [0.5, 0.6) is 5.75 Å². The maximum atomic E-state index is 15.1. The molecule has 18 heteroatoms. The largest absolute Gasteiger partial charge is 0.548 e. The molecule has 0 aromatic heterocycles. The number of nitrogens with one attached hydrogen (secondary N) is 3. The van der Waals surface area contributed by atoms with E-state index in [1.807, 2.05) is 25.8 Å². The van der Waals surface area contributed by atoms with Gasteiger partial charge in [-0.3, -0.25) is 29.0 Å². The lowest BCUT2D eigenvalue weighted by atomic mass is 9.88. The Balaban J connectivity index is 1.97. The van der Waals surface area contributed by atoms with E-state index in [9.17, 15) is 18.9 Å². The van der Waals surface area contributed by atoms with Crippen molar-refractivity contribution in [2.45, 2.75) is 116 Å². The standard InChI is InChI=1S/C38H64I2N7O8P/c1-5-7-9-13-34(49)46-32(27-30-14-16-31(17-15-30)54-56(52,55-44-24-21-40)53-28-42-23-20-39)37(51)47(38(46)18-25-45(4)26-19-38)35(29(3)6-2)36(50)43-22-11-8-10-12-33(41)48/h14-17,29,32,35,42,44H,5-13,18-28H2,1-4H3,(H2,41,48)(H,43,50). The second-order valence-corrected chi connectivity index (χ2v) is 18.3. The summed E-state index contributed by atoms with van der Waals surface area (Å²) in [5.41, 5.74) is 7.74. The summed E-state index contributed by atoms with van der Waals surface area (Å²) >= 11 is 4.39. The van der Waals surface area contributed by atoms with Crippen LogP contribution in [0.3, 0.4) is 0 Å². The minimum Gasteiger partial charge on any atom is -0.403 e. The number of likely N-dealkylation sites (tertiary alicyclic amines) is 1. The second-order valence-electron chi connectivity index (χ2n) is 14.7. The van der Waals surface area contributed by atoms with Crippen LogP contribution in [0.2, 0.25) is 0 Å². The predicted octanol–water partition coefficient (Wildman–Crippen LogP) is 5.29. The van der Waals surface area contributed by atoms with Crippen LogP contribution in [0.15, 0.2) is 24.3 Å². The Morgan fingerprint density at radius 1 is 0.982 bits per heavy atom. The summed E-state index contributed by atoms with van der Waals surface area (Å²) in [6.07, 6.45) is 7.19. The van der Waals surface area contributed by atoms with E-state index in [2.05, 4.69) is 73.1 Å². The maximum Gasteiger partial charge on any atom is 0.548 e. The SMILES string of the molecule is CCCCCC(=O)N1C(Cc2ccc(OP(=O)(OCNCCI)ONCCI)cc2)C(=O)N(C(C(=O)NCCCCCC(N)=O)C(C)CC)C12CCN(C)CC2. The number of benzene rings is 1. The van der Waals surface area contributed by atoms with E-state index in [0.717, 1.165) is 33.7 Å². The van der Waals surface area contributed by atoms with Crippen molar-refractivity contribution in [1.82, 2.24) is 30.8 Å². The Kier molecular flexibility index (Phi) is 21.9. The molecule has 4 amide bonds. The topological polar surface area (TPSA) is 185 Å². The number of piperidine rings is 1. The maximum absolute atomic E-state index is 15.1. The molecular formula is C38H64I2N7O8P. The molecule has 15 nitrogen and oxygen atoms in total. The Labute approximate surface area is 360 Å². The zero-order chi connectivity index (χ0) is 41.1. The number of nitrogens with zero attached hydrogens (tertiary/aromatic N) is 3. The first-order valence-corrected chi connectivity index (χ1v) is 24.5. The van der Waals surface area contributed by atoms with Gasteiger partial charge in [0.1, 0.15) is 30.2 Å². The predicted molar refractivity (Wildman–Crippen MR) is 234 cm³/mol. The van der Waals surface area contributed by atoms with Crippen LogP contribution in [0.1, 0.15) is 97.0 Å². The van der Waals surface area contributed by atoms with Crippen molar-refractivity contribution in [2.75, 3.05) is 55.4 Å². The number of alkyl halides is 2. The van der Waals surface area contributed by atoms with Crippen molar-refractivity contribution in [1.29, 1.82) is 0 Å². The van der Waals surface area contributed by atoms with Gasteiger partial charge in [-0.1, -0.05) is 104 Å². The van der Waals surface area contributed by atoms with Crippen molar-refractivity contribution < 1.29 is 37.4 Å². The van der Waals surface area contributed by atoms with Crippen LogP contribution in [-0.4, -0.2) is 111 Å². The molecule has 2 fully saturated rings. The highest BCUT2D eigenvalue weighted by molar-refractivity contribution is 14.1. The normalized spacial score (nSPS) is 19.2. The zero-order valence-corrected chi connectivity index (χ0v) is 38.8. The molecule has 4 unspecified atom stereocenters. The fourth-order valence-electron chi connectivity index (χ4n) is 7.28. The summed E-state index contributed by atoms with van der Waals surface area (Å²) in [6.45, 7) is 8.91. The number of hydrogen-bond acceptors (Lipinski definition) is 11. The molecule has 5 N–H and O–H groups in total. The average molecular weight is 1030 g/mol.